The number of nitrogens with one attached hydrogen (secondary N) is 1. The smallest absolute Gasteiger partial charge is 0.248 e. The van der Waals surface area contributed by atoms with Crippen LogP contribution in [0.25, 0.3) is 17.2 Å². The third-order valence-corrected chi connectivity index (χ3v) is 4.63. The Labute approximate surface area is 163 Å². The molecule has 1 amide bonds. The summed E-state index contributed by atoms with van der Waals surface area (Å²) in [5, 5.41) is 7.32. The molecule has 2 aromatic heterocycles. The Morgan fingerprint density at radius 2 is 2.07 bits per heavy atom. The Hall–Kier alpha value is -3.25. The summed E-state index contributed by atoms with van der Waals surface area (Å²) in [4.78, 5) is 16.5. The molecule has 1 aliphatic rings. The van der Waals surface area contributed by atoms with Gasteiger partial charge in [-0.25, -0.2) is 0 Å². The monoisotopic (exact) mass is 374 g/mol. The van der Waals surface area contributed by atoms with Gasteiger partial charge in [0.05, 0.1) is 18.8 Å². The van der Waals surface area contributed by atoms with Crippen molar-refractivity contribution in [3.05, 3.63) is 72.3 Å². The van der Waals surface area contributed by atoms with E-state index in [9.17, 15) is 4.79 Å². The van der Waals surface area contributed by atoms with Crippen LogP contribution in [0.3, 0.4) is 0 Å². The number of pyridine rings is 1. The standard InChI is InChI=1S/C22H22N4O2/c1-28-15-16-2-5-19(6-3-16)25-22(27)9-4-17-12-23-11-10-21(17)18-13-24-26(14-18)20-7-8-20/h2-6,9-14,20H,7-8,15H2,1H3,(H,25,27)/b9-4+. The number of amides is 1. The van der Waals surface area contributed by atoms with Crippen LogP contribution in [0.1, 0.15) is 30.0 Å². The number of aromatic nitrogens is 3. The van der Waals surface area contributed by atoms with Crippen LogP contribution in [-0.4, -0.2) is 27.8 Å². The summed E-state index contributed by atoms with van der Waals surface area (Å²) in [7, 11) is 1.66. The van der Waals surface area contributed by atoms with Crippen LogP contribution in [0, 0.1) is 0 Å². The molecule has 1 saturated carbocycles. The second-order valence-electron chi connectivity index (χ2n) is 6.86. The minimum Gasteiger partial charge on any atom is -0.380 e. The number of carbonyl (C=O) groups is 1. The highest BCUT2D eigenvalue weighted by atomic mass is 16.5. The quantitative estimate of drug-likeness (QED) is 0.633. The van der Waals surface area contributed by atoms with Crippen LogP contribution in [0.5, 0.6) is 0 Å². The molecule has 6 heteroatoms. The molecule has 0 spiro atoms. The number of methoxy groups -OCH3 is 1. The minimum atomic E-state index is -0.192. The fraction of sp³-hybridized carbons (Fsp3) is 0.227. The van der Waals surface area contributed by atoms with Crippen molar-refractivity contribution in [3.63, 3.8) is 0 Å². The predicted molar refractivity (Wildman–Crippen MR) is 109 cm³/mol. The molecular formula is C22H22N4O2. The zero-order chi connectivity index (χ0) is 19.3. The van der Waals surface area contributed by atoms with Gasteiger partial charge in [-0.3, -0.25) is 14.5 Å². The molecule has 1 N–H and O–H groups in total. The molecule has 6 nitrogen and oxygen atoms in total. The lowest BCUT2D eigenvalue weighted by atomic mass is 10.0. The van der Waals surface area contributed by atoms with Crippen LogP contribution in [0.2, 0.25) is 0 Å². The largest absolute Gasteiger partial charge is 0.380 e. The molecule has 4 rings (SSSR count). The first kappa shape index (κ1) is 18.1. The summed E-state index contributed by atoms with van der Waals surface area (Å²) in [6, 6.07) is 10.1. The number of nitrogens with zero attached hydrogens (tertiary/aromatic N) is 3. The van der Waals surface area contributed by atoms with Gasteiger partial charge in [0.25, 0.3) is 0 Å². The van der Waals surface area contributed by atoms with E-state index in [2.05, 4.69) is 21.6 Å². The molecule has 3 aromatic rings. The van der Waals surface area contributed by atoms with Crippen molar-refractivity contribution < 1.29 is 9.53 Å². The van der Waals surface area contributed by atoms with Gasteiger partial charge in [0.1, 0.15) is 0 Å². The van der Waals surface area contributed by atoms with E-state index < -0.39 is 0 Å². The average molecular weight is 374 g/mol. The maximum atomic E-state index is 12.3. The molecule has 2 heterocycles. The summed E-state index contributed by atoms with van der Waals surface area (Å²) in [6.07, 6.45) is 13.1. The number of carbonyl (C=O) groups excluding carboxylic acids is 1. The fourth-order valence-corrected chi connectivity index (χ4v) is 3.02. The normalized spacial score (nSPS) is 13.8. The Bertz CT molecular complexity index is 988. The molecular weight excluding hydrogens is 352 g/mol. The van der Waals surface area contributed by atoms with Crippen molar-refractivity contribution in [1.29, 1.82) is 0 Å². The third kappa shape index (κ3) is 4.35. The van der Waals surface area contributed by atoms with E-state index in [-0.39, 0.29) is 5.91 Å². The van der Waals surface area contributed by atoms with Crippen LogP contribution in [0.4, 0.5) is 5.69 Å². The van der Waals surface area contributed by atoms with Crippen LogP contribution >= 0.6 is 0 Å². The molecule has 0 radical (unpaired) electrons. The topological polar surface area (TPSA) is 69.0 Å². The second-order valence-corrected chi connectivity index (χ2v) is 6.86. The molecule has 1 aliphatic carbocycles. The highest BCUT2D eigenvalue weighted by Gasteiger charge is 2.24. The van der Waals surface area contributed by atoms with Crippen molar-refractivity contribution in [1.82, 2.24) is 14.8 Å². The van der Waals surface area contributed by atoms with Crippen LogP contribution in [-0.2, 0) is 16.1 Å². The van der Waals surface area contributed by atoms with Gasteiger partial charge in [0, 0.05) is 48.6 Å². The van der Waals surface area contributed by atoms with Crippen molar-refractivity contribution in [2.75, 3.05) is 12.4 Å². The minimum absolute atomic E-state index is 0.192. The van der Waals surface area contributed by atoms with E-state index in [0.717, 1.165) is 27.9 Å². The van der Waals surface area contributed by atoms with Crippen molar-refractivity contribution in [2.45, 2.75) is 25.5 Å². The van der Waals surface area contributed by atoms with Gasteiger partial charge in [0.2, 0.25) is 5.91 Å². The maximum absolute atomic E-state index is 12.3. The first-order valence-electron chi connectivity index (χ1n) is 9.28. The number of ether oxygens (including phenoxy) is 1. The molecule has 0 saturated heterocycles. The molecule has 1 aromatic carbocycles. The van der Waals surface area contributed by atoms with E-state index in [1.54, 1.807) is 25.6 Å². The van der Waals surface area contributed by atoms with E-state index in [1.165, 1.54) is 18.9 Å². The summed E-state index contributed by atoms with van der Waals surface area (Å²) in [5.41, 5.74) is 4.72. The van der Waals surface area contributed by atoms with E-state index in [1.807, 2.05) is 41.2 Å². The van der Waals surface area contributed by atoms with Crippen LogP contribution < -0.4 is 5.32 Å². The highest BCUT2D eigenvalue weighted by Crippen LogP contribution is 2.35. The first-order chi connectivity index (χ1) is 13.7. The molecule has 0 bridgehead atoms. The number of hydrogen-bond acceptors (Lipinski definition) is 4. The zero-order valence-electron chi connectivity index (χ0n) is 15.7. The Balaban J connectivity index is 1.45. The van der Waals surface area contributed by atoms with Crippen LogP contribution in [0.15, 0.2) is 61.2 Å². The maximum Gasteiger partial charge on any atom is 0.248 e. The van der Waals surface area contributed by atoms with Gasteiger partial charge < -0.3 is 10.1 Å². The van der Waals surface area contributed by atoms with Gasteiger partial charge in [-0.1, -0.05) is 12.1 Å². The lowest BCUT2D eigenvalue weighted by molar-refractivity contribution is -0.111. The predicted octanol–water partition coefficient (Wildman–Crippen LogP) is 4.08. The molecule has 0 atom stereocenters. The Kier molecular flexibility index (Phi) is 5.30. The SMILES string of the molecule is COCc1ccc(NC(=O)/C=C/c2cnccc2-c2cnn(C3CC3)c2)cc1. The number of anilines is 1. The van der Waals surface area contributed by atoms with Gasteiger partial charge >= 0.3 is 0 Å². The highest BCUT2D eigenvalue weighted by molar-refractivity contribution is 6.02. The Morgan fingerprint density at radius 3 is 2.82 bits per heavy atom. The first-order valence-corrected chi connectivity index (χ1v) is 9.28. The van der Waals surface area contributed by atoms with E-state index >= 15 is 0 Å². The van der Waals surface area contributed by atoms with Gasteiger partial charge in [-0.15, -0.1) is 0 Å². The van der Waals surface area contributed by atoms with Crippen molar-refractivity contribution >= 4 is 17.7 Å². The molecule has 1 fully saturated rings. The number of hydrogen-bond donors (Lipinski definition) is 1. The lowest BCUT2D eigenvalue weighted by Crippen LogP contribution is -2.07. The third-order valence-electron chi connectivity index (χ3n) is 4.63. The number of benzene rings is 1. The number of rotatable bonds is 7. The van der Waals surface area contributed by atoms with E-state index in [4.69, 9.17) is 4.74 Å². The summed E-state index contributed by atoms with van der Waals surface area (Å²) < 4.78 is 7.11. The average Bonchev–Trinajstić information content (AvgIpc) is 3.45. The second kappa shape index (κ2) is 8.19. The molecule has 142 valence electrons. The lowest BCUT2D eigenvalue weighted by Gasteiger charge is -2.05. The zero-order valence-corrected chi connectivity index (χ0v) is 15.7. The van der Waals surface area contributed by atoms with Gasteiger partial charge in [-0.2, -0.15) is 5.10 Å². The van der Waals surface area contributed by atoms with Gasteiger partial charge in [-0.05, 0) is 48.2 Å². The van der Waals surface area contributed by atoms with Crippen molar-refractivity contribution in [2.24, 2.45) is 0 Å². The van der Waals surface area contributed by atoms with Crippen molar-refractivity contribution in [3.8, 4) is 11.1 Å². The Morgan fingerprint density at radius 1 is 1.25 bits per heavy atom. The van der Waals surface area contributed by atoms with Gasteiger partial charge in [0.15, 0.2) is 0 Å². The molecule has 0 unspecified atom stereocenters. The summed E-state index contributed by atoms with van der Waals surface area (Å²) >= 11 is 0. The molecule has 0 aliphatic heterocycles. The fourth-order valence-electron chi connectivity index (χ4n) is 3.02. The molecule has 28 heavy (non-hydrogen) atoms. The summed E-state index contributed by atoms with van der Waals surface area (Å²) in [6.45, 7) is 0.551. The summed E-state index contributed by atoms with van der Waals surface area (Å²) in [5.74, 6) is -0.192. The van der Waals surface area contributed by atoms with E-state index in [0.29, 0.717) is 12.6 Å².